The van der Waals surface area contributed by atoms with Gasteiger partial charge in [-0.05, 0) is 135 Å². The molecule has 0 heteroatoms. The molecule has 0 nitrogen and oxygen atoms in total. The maximum atomic E-state index is 2.54. The minimum atomic E-state index is 0.641. The zero-order valence-electron chi connectivity index (χ0n) is 23.9. The summed E-state index contributed by atoms with van der Waals surface area (Å²) in [4.78, 5) is 0. The quantitative estimate of drug-likeness (QED) is 0.248. The van der Waals surface area contributed by atoms with Crippen LogP contribution in [0.3, 0.4) is 0 Å². The highest BCUT2D eigenvalue weighted by Crippen LogP contribution is 2.40. The van der Waals surface area contributed by atoms with Crippen LogP contribution < -0.4 is 10.4 Å². The zero-order valence-corrected chi connectivity index (χ0v) is 23.9. The van der Waals surface area contributed by atoms with Crippen LogP contribution in [0.2, 0.25) is 0 Å². The van der Waals surface area contributed by atoms with E-state index in [4.69, 9.17) is 0 Å². The van der Waals surface area contributed by atoms with Gasteiger partial charge in [-0.15, -0.1) is 0 Å². The van der Waals surface area contributed by atoms with E-state index < -0.39 is 0 Å². The van der Waals surface area contributed by atoms with Crippen molar-refractivity contribution in [2.45, 2.75) is 51.9 Å². The standard InChI is InChI=1S/C41H36/c1-27-14-16-30(17-15-27)33-22-23-38-39(26-33)41(35-21-19-29-9-3-5-11-32(29)25-35)37-13-7-6-12-36(37)40(38)34-20-18-28-8-2-4-10-31(28)24-34/h2-3,5,8-9,11-18,20,22-23,25-26,31H,4,6-7,10,19,21,24H2,1H3. The maximum Gasteiger partial charge on any atom is -0.00696 e. The first-order valence-electron chi connectivity index (χ1n) is 15.5. The SMILES string of the molecule is Cc1ccc(-c2ccc3c(C4=CC=C5C=CCCC5C4)c4c(c(C5=Cc6ccccc6CC5)c3c2)=CCCC=4)cc1. The summed E-state index contributed by atoms with van der Waals surface area (Å²) in [6.07, 6.45) is 25.1. The van der Waals surface area contributed by atoms with Gasteiger partial charge in [-0.2, -0.15) is 0 Å². The Morgan fingerprint density at radius 2 is 1.46 bits per heavy atom. The Morgan fingerprint density at radius 1 is 0.683 bits per heavy atom. The Morgan fingerprint density at radius 3 is 2.32 bits per heavy atom. The van der Waals surface area contributed by atoms with Crippen LogP contribution in [0.25, 0.3) is 51.3 Å². The van der Waals surface area contributed by atoms with E-state index >= 15 is 0 Å². The van der Waals surface area contributed by atoms with Crippen LogP contribution in [-0.4, -0.2) is 0 Å². The molecule has 0 saturated carbocycles. The largest absolute Gasteiger partial charge is 0.0842 e. The second kappa shape index (κ2) is 10.0. The number of hydrogen-bond acceptors (Lipinski definition) is 0. The molecule has 0 heterocycles. The number of aryl methyl sites for hydroxylation is 2. The van der Waals surface area contributed by atoms with Gasteiger partial charge < -0.3 is 0 Å². The van der Waals surface area contributed by atoms with Gasteiger partial charge in [0.2, 0.25) is 0 Å². The first-order valence-corrected chi connectivity index (χ1v) is 15.5. The fraction of sp³-hybridized carbons (Fsp3) is 0.220. The molecule has 0 radical (unpaired) electrons. The summed E-state index contributed by atoms with van der Waals surface area (Å²) in [6.45, 7) is 2.17. The molecule has 41 heavy (non-hydrogen) atoms. The highest BCUT2D eigenvalue weighted by Gasteiger charge is 2.25. The van der Waals surface area contributed by atoms with Crippen molar-refractivity contribution in [2.75, 3.05) is 0 Å². The van der Waals surface area contributed by atoms with Gasteiger partial charge in [0.1, 0.15) is 0 Å². The summed E-state index contributed by atoms with van der Waals surface area (Å²) in [6, 6.07) is 25.3. The van der Waals surface area contributed by atoms with Crippen molar-refractivity contribution in [1.82, 2.24) is 0 Å². The lowest BCUT2D eigenvalue weighted by molar-refractivity contribution is 0.573. The maximum absolute atomic E-state index is 2.54. The Kier molecular flexibility index (Phi) is 6.03. The summed E-state index contributed by atoms with van der Waals surface area (Å²) in [5.74, 6) is 0.641. The van der Waals surface area contributed by atoms with Crippen LogP contribution in [0.5, 0.6) is 0 Å². The highest BCUT2D eigenvalue weighted by molar-refractivity contribution is 6.05. The smallest absolute Gasteiger partial charge is 0.00696 e. The average Bonchev–Trinajstić information content (AvgIpc) is 3.03. The van der Waals surface area contributed by atoms with E-state index in [1.165, 1.54) is 89.7 Å². The topological polar surface area (TPSA) is 0 Å². The minimum absolute atomic E-state index is 0.641. The molecule has 4 aromatic rings. The molecule has 1 unspecified atom stereocenters. The molecule has 200 valence electrons. The summed E-state index contributed by atoms with van der Waals surface area (Å²) in [5, 5.41) is 5.75. The summed E-state index contributed by atoms with van der Waals surface area (Å²) >= 11 is 0. The third kappa shape index (κ3) is 4.29. The Bertz CT molecular complexity index is 1950. The Balaban J connectivity index is 1.43. The molecule has 0 N–H and O–H groups in total. The fourth-order valence-electron chi connectivity index (χ4n) is 7.60. The van der Waals surface area contributed by atoms with Crippen molar-refractivity contribution >= 4 is 40.1 Å². The summed E-state index contributed by atoms with van der Waals surface area (Å²) < 4.78 is 0. The second-order valence-electron chi connectivity index (χ2n) is 12.3. The van der Waals surface area contributed by atoms with E-state index in [9.17, 15) is 0 Å². The predicted molar refractivity (Wildman–Crippen MR) is 177 cm³/mol. The van der Waals surface area contributed by atoms with Gasteiger partial charge in [0.25, 0.3) is 0 Å². The first-order chi connectivity index (χ1) is 20.2. The summed E-state index contributed by atoms with van der Waals surface area (Å²) in [5.41, 5.74) is 14.2. The molecule has 0 aromatic heterocycles. The van der Waals surface area contributed by atoms with E-state index in [2.05, 4.69) is 116 Å². The van der Waals surface area contributed by atoms with Gasteiger partial charge in [0.05, 0.1) is 0 Å². The number of hydrogen-bond donors (Lipinski definition) is 0. The first kappa shape index (κ1) is 24.6. The van der Waals surface area contributed by atoms with E-state index in [0.717, 1.165) is 32.1 Å². The molecule has 4 aliphatic rings. The van der Waals surface area contributed by atoms with Crippen LogP contribution in [0, 0.1) is 12.8 Å². The fourth-order valence-corrected chi connectivity index (χ4v) is 7.60. The second-order valence-corrected chi connectivity index (χ2v) is 12.3. The van der Waals surface area contributed by atoms with Crippen molar-refractivity contribution in [3.8, 4) is 11.1 Å². The lowest BCUT2D eigenvalue weighted by Gasteiger charge is -2.28. The lowest BCUT2D eigenvalue weighted by Crippen LogP contribution is -2.34. The van der Waals surface area contributed by atoms with Crippen molar-refractivity contribution in [2.24, 2.45) is 5.92 Å². The highest BCUT2D eigenvalue weighted by atomic mass is 14.3. The lowest BCUT2D eigenvalue weighted by atomic mass is 9.76. The number of fused-ring (bicyclic) bond motifs is 4. The molecule has 0 saturated heterocycles. The zero-order chi connectivity index (χ0) is 27.3. The molecule has 4 aliphatic carbocycles. The minimum Gasteiger partial charge on any atom is -0.0842 e. The van der Waals surface area contributed by atoms with Gasteiger partial charge in [-0.3, -0.25) is 0 Å². The van der Waals surface area contributed by atoms with Crippen molar-refractivity contribution in [3.63, 3.8) is 0 Å². The molecular formula is C41H36. The molecule has 0 amide bonds. The van der Waals surface area contributed by atoms with Gasteiger partial charge in [0.15, 0.2) is 0 Å². The molecule has 0 fully saturated rings. The van der Waals surface area contributed by atoms with Crippen molar-refractivity contribution in [1.29, 1.82) is 0 Å². The van der Waals surface area contributed by atoms with E-state index in [0.29, 0.717) is 5.92 Å². The van der Waals surface area contributed by atoms with Crippen LogP contribution in [0.4, 0.5) is 0 Å². The number of rotatable bonds is 3. The average molecular weight is 529 g/mol. The van der Waals surface area contributed by atoms with Gasteiger partial charge >= 0.3 is 0 Å². The van der Waals surface area contributed by atoms with Gasteiger partial charge in [-0.25, -0.2) is 0 Å². The van der Waals surface area contributed by atoms with Gasteiger partial charge in [0, 0.05) is 0 Å². The number of benzene rings is 4. The Hall–Kier alpha value is -4.16. The van der Waals surface area contributed by atoms with E-state index in [-0.39, 0.29) is 0 Å². The normalized spacial score (nSPS) is 19.1. The van der Waals surface area contributed by atoms with E-state index in [1.54, 1.807) is 0 Å². The van der Waals surface area contributed by atoms with Crippen molar-refractivity contribution in [3.05, 3.63) is 135 Å². The molecule has 1 atom stereocenters. The Labute approximate surface area is 243 Å². The van der Waals surface area contributed by atoms with Gasteiger partial charge in [-0.1, -0.05) is 109 Å². The van der Waals surface area contributed by atoms with Crippen molar-refractivity contribution < 1.29 is 0 Å². The molecule has 0 spiro atoms. The van der Waals surface area contributed by atoms with E-state index in [1.807, 2.05) is 0 Å². The number of allylic oxidation sites excluding steroid dienone is 7. The molecular weight excluding hydrogens is 492 g/mol. The monoisotopic (exact) mass is 528 g/mol. The van der Waals surface area contributed by atoms with Crippen LogP contribution in [0.1, 0.15) is 66.3 Å². The van der Waals surface area contributed by atoms with Crippen LogP contribution in [0.15, 0.2) is 96.6 Å². The molecule has 8 rings (SSSR count). The van der Waals surface area contributed by atoms with Crippen LogP contribution >= 0.6 is 0 Å². The summed E-state index contributed by atoms with van der Waals surface area (Å²) in [7, 11) is 0. The molecule has 0 bridgehead atoms. The molecule has 4 aromatic carbocycles. The van der Waals surface area contributed by atoms with Crippen LogP contribution in [-0.2, 0) is 6.42 Å². The molecule has 0 aliphatic heterocycles. The third-order valence-electron chi connectivity index (χ3n) is 9.73. The third-order valence-corrected chi connectivity index (χ3v) is 9.73. The predicted octanol–water partition coefficient (Wildman–Crippen LogP) is 9.34.